The van der Waals surface area contributed by atoms with Crippen molar-refractivity contribution >= 4 is 5.91 Å². The number of nitrogens with zero attached hydrogens (tertiary/aromatic N) is 2. The first-order chi connectivity index (χ1) is 11.0. The Kier molecular flexibility index (Phi) is 4.97. The first-order valence-corrected chi connectivity index (χ1v) is 8.48. The molecule has 2 saturated heterocycles. The molecule has 0 aromatic heterocycles. The van der Waals surface area contributed by atoms with Crippen LogP contribution in [-0.4, -0.2) is 60.1 Å². The van der Waals surface area contributed by atoms with Gasteiger partial charge in [0.05, 0.1) is 17.8 Å². The maximum atomic E-state index is 13.9. The second kappa shape index (κ2) is 6.97. The first-order valence-electron chi connectivity index (χ1n) is 8.48. The summed E-state index contributed by atoms with van der Waals surface area (Å²) in [7, 11) is 0. The molecule has 1 amide bonds. The summed E-state index contributed by atoms with van der Waals surface area (Å²) >= 11 is 0. The Morgan fingerprint density at radius 1 is 1.26 bits per heavy atom. The van der Waals surface area contributed by atoms with E-state index in [1.54, 1.807) is 18.2 Å². The number of rotatable bonds is 3. The zero-order chi connectivity index (χ0) is 16.4. The Labute approximate surface area is 137 Å². The van der Waals surface area contributed by atoms with Crippen molar-refractivity contribution in [3.63, 3.8) is 0 Å². The smallest absolute Gasteiger partial charge is 0.257 e. The van der Waals surface area contributed by atoms with Crippen molar-refractivity contribution in [2.45, 2.75) is 44.9 Å². The Bertz CT molecular complexity index is 556. The molecule has 126 valence electrons. The summed E-state index contributed by atoms with van der Waals surface area (Å²) in [6.07, 6.45) is 2.41. The fourth-order valence-corrected chi connectivity index (χ4v) is 3.81. The van der Waals surface area contributed by atoms with Gasteiger partial charge in [-0.15, -0.1) is 0 Å². The van der Waals surface area contributed by atoms with Gasteiger partial charge < -0.3 is 9.64 Å². The third-order valence-corrected chi connectivity index (χ3v) is 4.71. The number of hydrogen-bond acceptors (Lipinski definition) is 3. The van der Waals surface area contributed by atoms with Crippen molar-refractivity contribution < 1.29 is 13.9 Å². The maximum Gasteiger partial charge on any atom is 0.257 e. The van der Waals surface area contributed by atoms with Crippen LogP contribution in [0.1, 0.15) is 37.0 Å². The molecule has 0 bridgehead atoms. The molecular weight excluding hydrogens is 295 g/mol. The van der Waals surface area contributed by atoms with Crippen molar-refractivity contribution in [1.82, 2.24) is 9.80 Å². The van der Waals surface area contributed by atoms with Gasteiger partial charge in [-0.3, -0.25) is 9.69 Å². The maximum absolute atomic E-state index is 13.9. The van der Waals surface area contributed by atoms with Gasteiger partial charge in [-0.25, -0.2) is 4.39 Å². The van der Waals surface area contributed by atoms with Crippen LogP contribution in [0, 0.1) is 5.82 Å². The average molecular weight is 320 g/mol. The van der Waals surface area contributed by atoms with Gasteiger partial charge in [0.1, 0.15) is 5.82 Å². The number of amides is 1. The number of ether oxygens (including phenoxy) is 1. The van der Waals surface area contributed by atoms with Crippen LogP contribution in [0.3, 0.4) is 0 Å². The molecule has 3 atom stereocenters. The predicted molar refractivity (Wildman–Crippen MR) is 86.9 cm³/mol. The highest BCUT2D eigenvalue weighted by atomic mass is 19.1. The van der Waals surface area contributed by atoms with Crippen LogP contribution in [0.25, 0.3) is 0 Å². The van der Waals surface area contributed by atoms with Gasteiger partial charge in [-0.2, -0.15) is 0 Å². The molecule has 0 unspecified atom stereocenters. The molecule has 0 radical (unpaired) electrons. The van der Waals surface area contributed by atoms with E-state index in [0.29, 0.717) is 6.54 Å². The minimum atomic E-state index is -0.434. The molecule has 23 heavy (non-hydrogen) atoms. The molecule has 5 heteroatoms. The van der Waals surface area contributed by atoms with E-state index in [1.165, 1.54) is 6.07 Å². The van der Waals surface area contributed by atoms with Crippen LogP contribution in [-0.2, 0) is 4.74 Å². The van der Waals surface area contributed by atoms with E-state index in [1.807, 2.05) is 4.90 Å². The fourth-order valence-electron chi connectivity index (χ4n) is 3.81. The second-order valence-electron chi connectivity index (χ2n) is 6.75. The summed E-state index contributed by atoms with van der Waals surface area (Å²) in [4.78, 5) is 16.9. The highest BCUT2D eigenvalue weighted by Gasteiger charge is 2.33. The molecule has 0 spiro atoms. The van der Waals surface area contributed by atoms with Crippen molar-refractivity contribution in [3.8, 4) is 0 Å². The third kappa shape index (κ3) is 3.72. The van der Waals surface area contributed by atoms with E-state index in [2.05, 4.69) is 18.7 Å². The number of carbonyl (C=O) groups excluding carboxylic acids is 1. The number of benzene rings is 1. The Morgan fingerprint density at radius 2 is 1.96 bits per heavy atom. The topological polar surface area (TPSA) is 32.8 Å². The molecule has 0 aliphatic carbocycles. The van der Waals surface area contributed by atoms with Crippen molar-refractivity contribution in [2.24, 2.45) is 0 Å². The van der Waals surface area contributed by atoms with E-state index >= 15 is 0 Å². The molecule has 4 nitrogen and oxygen atoms in total. The van der Waals surface area contributed by atoms with Crippen LogP contribution in [0.2, 0.25) is 0 Å². The molecule has 0 N–H and O–H groups in total. The van der Waals surface area contributed by atoms with Crippen molar-refractivity contribution in [3.05, 3.63) is 35.6 Å². The highest BCUT2D eigenvalue weighted by Crippen LogP contribution is 2.23. The van der Waals surface area contributed by atoms with E-state index in [9.17, 15) is 9.18 Å². The van der Waals surface area contributed by atoms with Gasteiger partial charge in [0.25, 0.3) is 5.91 Å². The van der Waals surface area contributed by atoms with Crippen molar-refractivity contribution in [1.29, 1.82) is 0 Å². The monoisotopic (exact) mass is 320 g/mol. The minimum absolute atomic E-state index is 0.166. The van der Waals surface area contributed by atoms with Crippen LogP contribution in [0.4, 0.5) is 4.39 Å². The standard InChI is InChI=1S/C18H25FN2O2/c1-13-10-20(11-14(2)23-13)12-15-6-5-9-21(15)18(22)16-7-3-4-8-17(16)19/h3-4,7-8,13-15H,5-6,9-12H2,1-2H3/t13-,14+,15-/m0/s1. The summed E-state index contributed by atoms with van der Waals surface area (Å²) in [6, 6.07) is 6.42. The van der Waals surface area contributed by atoms with Gasteiger partial charge in [0, 0.05) is 32.2 Å². The second-order valence-corrected chi connectivity index (χ2v) is 6.75. The Morgan fingerprint density at radius 3 is 2.65 bits per heavy atom. The van der Waals surface area contributed by atoms with Crippen LogP contribution in [0.5, 0.6) is 0 Å². The van der Waals surface area contributed by atoms with Gasteiger partial charge in [-0.05, 0) is 38.8 Å². The number of morpholine rings is 1. The molecule has 2 aliphatic heterocycles. The van der Waals surface area contributed by atoms with Gasteiger partial charge in [0.15, 0.2) is 0 Å². The molecule has 2 aliphatic rings. The quantitative estimate of drug-likeness (QED) is 0.858. The number of halogens is 1. The van der Waals surface area contributed by atoms with E-state index in [0.717, 1.165) is 32.5 Å². The summed E-state index contributed by atoms with van der Waals surface area (Å²) < 4.78 is 19.7. The largest absolute Gasteiger partial charge is 0.373 e. The van der Waals surface area contributed by atoms with Gasteiger partial charge in [0.2, 0.25) is 0 Å². The zero-order valence-electron chi connectivity index (χ0n) is 13.9. The number of carbonyl (C=O) groups is 1. The van der Waals surface area contributed by atoms with E-state index in [4.69, 9.17) is 4.74 Å². The molecule has 0 saturated carbocycles. The van der Waals surface area contributed by atoms with Crippen LogP contribution in [0.15, 0.2) is 24.3 Å². The molecule has 1 aromatic rings. The highest BCUT2D eigenvalue weighted by molar-refractivity contribution is 5.94. The lowest BCUT2D eigenvalue weighted by Crippen LogP contribution is -2.51. The summed E-state index contributed by atoms with van der Waals surface area (Å²) in [5, 5.41) is 0. The zero-order valence-corrected chi connectivity index (χ0v) is 13.9. The van der Waals surface area contributed by atoms with Gasteiger partial charge in [-0.1, -0.05) is 12.1 Å². The molecule has 3 rings (SSSR count). The number of hydrogen-bond donors (Lipinski definition) is 0. The van der Waals surface area contributed by atoms with Crippen LogP contribution < -0.4 is 0 Å². The Balaban J connectivity index is 1.68. The predicted octanol–water partition coefficient (Wildman–Crippen LogP) is 2.54. The SMILES string of the molecule is C[C@@H]1CN(C[C@@H]2CCCN2C(=O)c2ccccc2F)C[C@H](C)O1. The van der Waals surface area contributed by atoms with E-state index < -0.39 is 5.82 Å². The van der Waals surface area contributed by atoms with Crippen LogP contribution >= 0.6 is 0 Å². The number of likely N-dealkylation sites (tertiary alicyclic amines) is 1. The van der Waals surface area contributed by atoms with Crippen molar-refractivity contribution in [2.75, 3.05) is 26.2 Å². The minimum Gasteiger partial charge on any atom is -0.373 e. The first kappa shape index (κ1) is 16.4. The molecule has 2 heterocycles. The summed E-state index contributed by atoms with van der Waals surface area (Å²) in [5.74, 6) is -0.614. The summed E-state index contributed by atoms with van der Waals surface area (Å²) in [5.41, 5.74) is 0.183. The average Bonchev–Trinajstić information content (AvgIpc) is 2.94. The normalized spacial score (nSPS) is 29.0. The Hall–Kier alpha value is -1.46. The lowest BCUT2D eigenvalue weighted by molar-refractivity contribution is -0.0715. The molecule has 1 aromatic carbocycles. The lowest BCUT2D eigenvalue weighted by Gasteiger charge is -2.38. The third-order valence-electron chi connectivity index (χ3n) is 4.71. The van der Waals surface area contributed by atoms with E-state index in [-0.39, 0.29) is 29.7 Å². The fraction of sp³-hybridized carbons (Fsp3) is 0.611. The summed E-state index contributed by atoms with van der Waals surface area (Å²) in [6.45, 7) is 7.51. The van der Waals surface area contributed by atoms with Gasteiger partial charge >= 0.3 is 0 Å². The molecule has 2 fully saturated rings. The molecular formula is C18H25FN2O2. The lowest BCUT2D eigenvalue weighted by atomic mass is 10.1.